The smallest absolute Gasteiger partial charge is 0.192 e. The Bertz CT molecular complexity index is 292. The minimum atomic E-state index is -1.66. The summed E-state index contributed by atoms with van der Waals surface area (Å²) in [6.45, 7) is 11.3. The lowest BCUT2D eigenvalue weighted by molar-refractivity contribution is 0.186. The van der Waals surface area contributed by atoms with Crippen LogP contribution >= 0.6 is 0 Å². The maximum Gasteiger partial charge on any atom is 0.192 e. The molecule has 0 aromatic heterocycles. The van der Waals surface area contributed by atoms with Gasteiger partial charge in [0.15, 0.2) is 8.32 Å². The molecule has 0 amide bonds. The maximum absolute atomic E-state index is 8.40. The van der Waals surface area contributed by atoms with Gasteiger partial charge in [-0.1, -0.05) is 25.9 Å². The predicted octanol–water partition coefficient (Wildman–Crippen LogP) is 4.24. The Labute approximate surface area is 99.1 Å². The molecule has 0 heterocycles. The molecule has 0 spiro atoms. The fraction of sp³-hybridized carbons (Fsp3) is 1.00. The topological polar surface area (TPSA) is 58.0 Å². The highest BCUT2D eigenvalue weighted by molar-refractivity contribution is 6.74. The molecule has 1 saturated carbocycles. The summed E-state index contributed by atoms with van der Waals surface area (Å²) in [4.78, 5) is 2.88. The highest BCUT2D eigenvalue weighted by Gasteiger charge is 2.40. The third-order valence-electron chi connectivity index (χ3n) is 3.84. The monoisotopic (exact) mass is 241 g/mol. The number of nitrogens with zero attached hydrogens (tertiary/aromatic N) is 3. The van der Waals surface area contributed by atoms with Crippen LogP contribution in [0.3, 0.4) is 0 Å². The molecular weight excluding hydrogens is 218 g/mol. The molecule has 1 aliphatic carbocycles. The maximum atomic E-state index is 8.40. The molecule has 1 aliphatic rings. The zero-order valence-electron chi connectivity index (χ0n) is 11.0. The van der Waals surface area contributed by atoms with Gasteiger partial charge >= 0.3 is 0 Å². The van der Waals surface area contributed by atoms with Gasteiger partial charge in [-0.15, -0.1) is 0 Å². The molecule has 16 heavy (non-hydrogen) atoms. The summed E-state index contributed by atoms with van der Waals surface area (Å²) in [6.07, 6.45) is 3.22. The number of azide groups is 1. The Morgan fingerprint density at radius 2 is 1.94 bits per heavy atom. The quantitative estimate of drug-likeness (QED) is 0.315. The van der Waals surface area contributed by atoms with Crippen LogP contribution in [0.15, 0.2) is 5.11 Å². The van der Waals surface area contributed by atoms with Crippen molar-refractivity contribution in [2.75, 3.05) is 0 Å². The lowest BCUT2D eigenvalue weighted by atomic mass is 10.2. The van der Waals surface area contributed by atoms with Crippen molar-refractivity contribution in [3.05, 3.63) is 10.4 Å². The van der Waals surface area contributed by atoms with Crippen LogP contribution in [0.25, 0.3) is 10.4 Å². The Kier molecular flexibility index (Phi) is 4.05. The van der Waals surface area contributed by atoms with Gasteiger partial charge in [0.1, 0.15) is 0 Å². The zero-order valence-corrected chi connectivity index (χ0v) is 12.0. The van der Waals surface area contributed by atoms with E-state index in [0.717, 1.165) is 19.3 Å². The second-order valence-corrected chi connectivity index (χ2v) is 10.9. The van der Waals surface area contributed by atoms with Crippen LogP contribution in [0.2, 0.25) is 18.1 Å². The van der Waals surface area contributed by atoms with Gasteiger partial charge in [0.05, 0.1) is 0 Å². The first-order valence-corrected chi connectivity index (χ1v) is 8.89. The van der Waals surface area contributed by atoms with Crippen LogP contribution < -0.4 is 0 Å². The molecule has 2 atom stereocenters. The van der Waals surface area contributed by atoms with Crippen molar-refractivity contribution < 1.29 is 4.43 Å². The molecule has 0 radical (unpaired) electrons. The average Bonchev–Trinajstić information content (AvgIpc) is 2.50. The standard InChI is InChI=1S/C11H23N3OSi/c1-11(2,3)16(4,5)15-10-7-6-9(8-10)13-14-12/h9-10H,6-8H2,1-5H3. The number of rotatable bonds is 3. The molecule has 5 heteroatoms. The first kappa shape index (κ1) is 13.6. The minimum Gasteiger partial charge on any atom is -0.414 e. The predicted molar refractivity (Wildman–Crippen MR) is 68.9 cm³/mol. The fourth-order valence-electron chi connectivity index (χ4n) is 1.80. The Hall–Kier alpha value is -0.513. The van der Waals surface area contributed by atoms with Gasteiger partial charge in [-0.2, -0.15) is 0 Å². The van der Waals surface area contributed by atoms with Crippen LogP contribution in [0, 0.1) is 0 Å². The molecule has 92 valence electrons. The zero-order chi connectivity index (χ0) is 12.4. The van der Waals surface area contributed by atoms with Crippen molar-refractivity contribution in [1.82, 2.24) is 0 Å². The second-order valence-electron chi connectivity index (χ2n) is 6.17. The van der Waals surface area contributed by atoms with E-state index in [4.69, 9.17) is 9.96 Å². The van der Waals surface area contributed by atoms with Crippen molar-refractivity contribution in [3.63, 3.8) is 0 Å². The molecule has 2 unspecified atom stereocenters. The van der Waals surface area contributed by atoms with Crippen molar-refractivity contribution in [3.8, 4) is 0 Å². The molecular formula is C11H23N3OSi. The van der Waals surface area contributed by atoms with Crippen LogP contribution in [0.5, 0.6) is 0 Å². The van der Waals surface area contributed by atoms with Gasteiger partial charge in [0.25, 0.3) is 0 Å². The summed E-state index contributed by atoms with van der Waals surface area (Å²) in [5.41, 5.74) is 8.40. The molecule has 0 saturated heterocycles. The molecule has 0 aromatic rings. The molecule has 0 N–H and O–H groups in total. The number of hydrogen-bond donors (Lipinski definition) is 0. The van der Waals surface area contributed by atoms with Crippen molar-refractivity contribution in [2.24, 2.45) is 5.11 Å². The third kappa shape index (κ3) is 3.24. The van der Waals surface area contributed by atoms with Crippen molar-refractivity contribution >= 4 is 8.32 Å². The first-order chi connectivity index (χ1) is 7.26. The van der Waals surface area contributed by atoms with E-state index in [1.54, 1.807) is 0 Å². The van der Waals surface area contributed by atoms with Crippen molar-refractivity contribution in [1.29, 1.82) is 0 Å². The van der Waals surface area contributed by atoms with Gasteiger partial charge in [-0.25, -0.2) is 0 Å². The lowest BCUT2D eigenvalue weighted by Crippen LogP contribution is -2.43. The van der Waals surface area contributed by atoms with Crippen LogP contribution in [-0.4, -0.2) is 20.5 Å². The summed E-state index contributed by atoms with van der Waals surface area (Å²) >= 11 is 0. The molecule has 0 aromatic carbocycles. The van der Waals surface area contributed by atoms with Crippen LogP contribution in [-0.2, 0) is 4.43 Å². The summed E-state index contributed by atoms with van der Waals surface area (Å²) in [5, 5.41) is 4.04. The van der Waals surface area contributed by atoms with E-state index >= 15 is 0 Å². The Balaban J connectivity index is 2.54. The van der Waals surface area contributed by atoms with E-state index in [9.17, 15) is 0 Å². The second kappa shape index (κ2) is 4.78. The van der Waals surface area contributed by atoms with E-state index < -0.39 is 8.32 Å². The minimum absolute atomic E-state index is 0.153. The van der Waals surface area contributed by atoms with E-state index in [-0.39, 0.29) is 11.1 Å². The fourth-order valence-corrected chi connectivity index (χ4v) is 3.20. The normalized spacial score (nSPS) is 26.6. The van der Waals surface area contributed by atoms with Gasteiger partial charge in [-0.3, -0.25) is 0 Å². The Morgan fingerprint density at radius 1 is 1.31 bits per heavy atom. The average molecular weight is 241 g/mol. The Morgan fingerprint density at radius 3 is 2.44 bits per heavy atom. The SMILES string of the molecule is CC(C)(C)[Si](C)(C)OC1CCC(N=[N+]=[N-])C1. The summed E-state index contributed by atoms with van der Waals surface area (Å²) in [6, 6.07) is 0.153. The molecule has 0 aliphatic heterocycles. The van der Waals surface area contributed by atoms with Gasteiger partial charge in [0, 0.05) is 17.1 Å². The van der Waals surface area contributed by atoms with E-state index in [1.807, 2.05) is 0 Å². The summed E-state index contributed by atoms with van der Waals surface area (Å²) < 4.78 is 6.30. The largest absolute Gasteiger partial charge is 0.414 e. The molecule has 1 fully saturated rings. The van der Waals surface area contributed by atoms with Crippen LogP contribution in [0.1, 0.15) is 40.0 Å². The first-order valence-electron chi connectivity index (χ1n) is 5.98. The van der Waals surface area contributed by atoms with E-state index in [1.165, 1.54) is 0 Å². The van der Waals surface area contributed by atoms with Crippen LogP contribution in [0.4, 0.5) is 0 Å². The lowest BCUT2D eigenvalue weighted by Gasteiger charge is -2.38. The van der Waals surface area contributed by atoms with E-state index in [2.05, 4.69) is 43.9 Å². The van der Waals surface area contributed by atoms with E-state index in [0.29, 0.717) is 6.10 Å². The van der Waals surface area contributed by atoms with Gasteiger partial charge in [0.2, 0.25) is 0 Å². The molecule has 0 bridgehead atoms. The van der Waals surface area contributed by atoms with Gasteiger partial charge in [-0.05, 0) is 42.9 Å². The van der Waals surface area contributed by atoms with Gasteiger partial charge < -0.3 is 4.43 Å². The third-order valence-corrected chi connectivity index (χ3v) is 8.37. The summed E-state index contributed by atoms with van der Waals surface area (Å²) in [7, 11) is -1.66. The summed E-state index contributed by atoms with van der Waals surface area (Å²) in [5.74, 6) is 0. The number of hydrogen-bond acceptors (Lipinski definition) is 2. The molecule has 1 rings (SSSR count). The molecule has 4 nitrogen and oxygen atoms in total. The highest BCUT2D eigenvalue weighted by Crippen LogP contribution is 2.39. The van der Waals surface area contributed by atoms with Crippen molar-refractivity contribution in [2.45, 2.75) is 70.3 Å². The highest BCUT2D eigenvalue weighted by atomic mass is 28.4.